The van der Waals surface area contributed by atoms with Crippen molar-refractivity contribution in [3.05, 3.63) is 72.7 Å². The zero-order valence-corrected chi connectivity index (χ0v) is 16.7. The Kier molecular flexibility index (Phi) is 4.95. The molecule has 1 unspecified atom stereocenters. The first kappa shape index (κ1) is 19.6. The van der Waals surface area contributed by atoms with Crippen LogP contribution in [0.25, 0.3) is 16.8 Å². The van der Waals surface area contributed by atoms with Crippen molar-refractivity contribution in [2.75, 3.05) is 0 Å². The van der Waals surface area contributed by atoms with E-state index in [1.807, 2.05) is 29.8 Å². The molecule has 2 aromatic rings. The number of rotatable bonds is 5. The molecule has 2 aliphatic heterocycles. The minimum atomic E-state index is -0.626. The lowest BCUT2D eigenvalue weighted by Crippen LogP contribution is -2.52. The van der Waals surface area contributed by atoms with Gasteiger partial charge in [-0.05, 0) is 29.7 Å². The molecule has 1 aromatic heterocycles. The standard InChI is InChI=1S/C23H22N4O3/c1-4-6-14(5-2)21-20(24-13-26(21)3)15-7-8-17-16(11-15)12-27(23(17)30)18-9-10-19(28)25-22(18)29/h4-8,11,13,18H,1-2,9-10,12H2,3H3,(H,25,28,29)/b14-6+. The number of imide groups is 1. The Labute approximate surface area is 174 Å². The van der Waals surface area contributed by atoms with Crippen LogP contribution in [0.5, 0.6) is 0 Å². The van der Waals surface area contributed by atoms with Gasteiger partial charge < -0.3 is 9.47 Å². The summed E-state index contributed by atoms with van der Waals surface area (Å²) in [5.74, 6) is -0.897. The fraction of sp³-hybridized carbons (Fsp3) is 0.217. The van der Waals surface area contributed by atoms with Crippen LogP contribution < -0.4 is 5.32 Å². The van der Waals surface area contributed by atoms with E-state index in [1.165, 1.54) is 0 Å². The number of nitrogens with one attached hydrogen (secondary N) is 1. The lowest BCUT2D eigenvalue weighted by atomic mass is 10.0. The number of imidazole rings is 1. The van der Waals surface area contributed by atoms with E-state index in [0.717, 1.165) is 28.1 Å². The van der Waals surface area contributed by atoms with Crippen LogP contribution in [0, 0.1) is 0 Å². The van der Waals surface area contributed by atoms with Crippen LogP contribution in [-0.2, 0) is 23.2 Å². The predicted octanol–water partition coefficient (Wildman–Crippen LogP) is 2.60. The summed E-state index contributed by atoms with van der Waals surface area (Å²) in [4.78, 5) is 42.6. The number of allylic oxidation sites excluding steroid dienone is 4. The molecule has 4 rings (SSSR count). The Bertz CT molecular complexity index is 1130. The summed E-state index contributed by atoms with van der Waals surface area (Å²) in [5, 5.41) is 2.32. The molecule has 7 heteroatoms. The SMILES string of the molecule is C=C/C=C(\C=C)c1c(-c2ccc3c(c2)CN(C2CCC(=O)NC2=O)C3=O)ncn1C. The minimum Gasteiger partial charge on any atom is -0.333 e. The van der Waals surface area contributed by atoms with Gasteiger partial charge in [0.2, 0.25) is 11.8 Å². The van der Waals surface area contributed by atoms with Crippen molar-refractivity contribution in [3.8, 4) is 11.3 Å². The number of hydrogen-bond donors (Lipinski definition) is 1. The number of hydrogen-bond acceptors (Lipinski definition) is 4. The Morgan fingerprint density at radius 3 is 2.77 bits per heavy atom. The first-order valence-electron chi connectivity index (χ1n) is 9.69. The maximum absolute atomic E-state index is 12.9. The van der Waals surface area contributed by atoms with Crippen molar-refractivity contribution in [2.24, 2.45) is 7.05 Å². The van der Waals surface area contributed by atoms with Gasteiger partial charge in [-0.3, -0.25) is 19.7 Å². The lowest BCUT2D eigenvalue weighted by molar-refractivity contribution is -0.136. The van der Waals surface area contributed by atoms with Crippen molar-refractivity contribution in [1.82, 2.24) is 19.8 Å². The first-order chi connectivity index (χ1) is 14.4. The molecule has 3 amide bonds. The quantitative estimate of drug-likeness (QED) is 0.615. The van der Waals surface area contributed by atoms with E-state index in [2.05, 4.69) is 23.5 Å². The molecule has 1 N–H and O–H groups in total. The summed E-state index contributed by atoms with van der Waals surface area (Å²) in [6.45, 7) is 7.97. The fourth-order valence-corrected chi connectivity index (χ4v) is 4.07. The summed E-state index contributed by atoms with van der Waals surface area (Å²) in [5.41, 5.74) is 4.86. The maximum atomic E-state index is 12.9. The van der Waals surface area contributed by atoms with Gasteiger partial charge in [-0.2, -0.15) is 0 Å². The molecule has 0 spiro atoms. The summed E-state index contributed by atoms with van der Waals surface area (Å²) in [6.07, 6.45) is 7.64. The number of piperidine rings is 1. The van der Waals surface area contributed by atoms with Crippen LogP contribution >= 0.6 is 0 Å². The maximum Gasteiger partial charge on any atom is 0.255 e. The van der Waals surface area contributed by atoms with Crippen molar-refractivity contribution in [2.45, 2.75) is 25.4 Å². The van der Waals surface area contributed by atoms with Crippen molar-refractivity contribution in [1.29, 1.82) is 0 Å². The normalized spacial score (nSPS) is 19.0. The number of carbonyl (C=O) groups excluding carboxylic acids is 3. The Hall–Kier alpha value is -3.74. The molecule has 1 saturated heterocycles. The zero-order chi connectivity index (χ0) is 21.4. The van der Waals surface area contributed by atoms with Gasteiger partial charge in [-0.15, -0.1) is 0 Å². The minimum absolute atomic E-state index is 0.189. The summed E-state index contributed by atoms with van der Waals surface area (Å²) < 4.78 is 1.92. The number of aromatic nitrogens is 2. The van der Waals surface area contributed by atoms with Crippen LogP contribution in [0.3, 0.4) is 0 Å². The largest absolute Gasteiger partial charge is 0.333 e. The highest BCUT2D eigenvalue weighted by Crippen LogP contribution is 2.33. The summed E-state index contributed by atoms with van der Waals surface area (Å²) >= 11 is 0. The van der Waals surface area contributed by atoms with Crippen LogP contribution in [-0.4, -0.2) is 38.2 Å². The highest BCUT2D eigenvalue weighted by Gasteiger charge is 2.39. The number of benzene rings is 1. The summed E-state index contributed by atoms with van der Waals surface area (Å²) in [7, 11) is 1.91. The second-order valence-electron chi connectivity index (χ2n) is 7.39. The second kappa shape index (κ2) is 7.59. The van der Waals surface area contributed by atoms with E-state index < -0.39 is 11.9 Å². The number of nitrogens with zero attached hydrogens (tertiary/aromatic N) is 3. The van der Waals surface area contributed by atoms with Crippen molar-refractivity contribution < 1.29 is 14.4 Å². The van der Waals surface area contributed by atoms with E-state index in [0.29, 0.717) is 18.5 Å². The topological polar surface area (TPSA) is 84.3 Å². The predicted molar refractivity (Wildman–Crippen MR) is 113 cm³/mol. The van der Waals surface area contributed by atoms with Gasteiger partial charge in [0, 0.05) is 31.1 Å². The van der Waals surface area contributed by atoms with Gasteiger partial charge in [-0.25, -0.2) is 4.98 Å². The van der Waals surface area contributed by atoms with Crippen molar-refractivity contribution >= 4 is 23.3 Å². The molecular formula is C23H22N4O3. The van der Waals surface area contributed by atoms with Crippen LogP contribution in [0.2, 0.25) is 0 Å². The molecule has 1 atom stereocenters. The van der Waals surface area contributed by atoms with Gasteiger partial charge >= 0.3 is 0 Å². The van der Waals surface area contributed by atoms with E-state index in [1.54, 1.807) is 29.4 Å². The van der Waals surface area contributed by atoms with Crippen molar-refractivity contribution in [3.63, 3.8) is 0 Å². The Morgan fingerprint density at radius 2 is 2.07 bits per heavy atom. The van der Waals surface area contributed by atoms with Crippen LogP contribution in [0.1, 0.15) is 34.5 Å². The highest BCUT2D eigenvalue weighted by atomic mass is 16.2. The molecule has 1 fully saturated rings. The fourth-order valence-electron chi connectivity index (χ4n) is 4.07. The average molecular weight is 402 g/mol. The molecule has 0 saturated carbocycles. The van der Waals surface area contributed by atoms with Gasteiger partial charge in [0.1, 0.15) is 6.04 Å². The monoisotopic (exact) mass is 402 g/mol. The number of aryl methyl sites for hydroxylation is 1. The lowest BCUT2D eigenvalue weighted by Gasteiger charge is -2.29. The second-order valence-corrected chi connectivity index (χ2v) is 7.39. The zero-order valence-electron chi connectivity index (χ0n) is 16.7. The molecule has 1 aromatic carbocycles. The summed E-state index contributed by atoms with van der Waals surface area (Å²) in [6, 6.07) is 4.96. The highest BCUT2D eigenvalue weighted by molar-refractivity contribution is 6.05. The molecule has 0 bridgehead atoms. The van der Waals surface area contributed by atoms with Gasteiger partial charge in [0.05, 0.1) is 17.7 Å². The molecule has 2 aliphatic rings. The third-order valence-electron chi connectivity index (χ3n) is 5.52. The first-order valence-corrected chi connectivity index (χ1v) is 9.69. The van der Waals surface area contributed by atoms with E-state index in [4.69, 9.17) is 0 Å². The van der Waals surface area contributed by atoms with Crippen LogP contribution in [0.15, 0.2) is 55.9 Å². The van der Waals surface area contributed by atoms with E-state index in [9.17, 15) is 14.4 Å². The molecular weight excluding hydrogens is 380 g/mol. The van der Waals surface area contributed by atoms with Gasteiger partial charge in [-0.1, -0.05) is 37.5 Å². The molecule has 152 valence electrons. The van der Waals surface area contributed by atoms with E-state index >= 15 is 0 Å². The molecule has 7 nitrogen and oxygen atoms in total. The smallest absolute Gasteiger partial charge is 0.255 e. The van der Waals surface area contributed by atoms with E-state index in [-0.39, 0.29) is 18.2 Å². The Balaban J connectivity index is 1.69. The number of amides is 3. The molecule has 3 heterocycles. The molecule has 30 heavy (non-hydrogen) atoms. The third-order valence-corrected chi connectivity index (χ3v) is 5.52. The molecule has 0 aliphatic carbocycles. The number of carbonyl (C=O) groups is 3. The molecule has 0 radical (unpaired) electrons. The average Bonchev–Trinajstić information content (AvgIpc) is 3.26. The third kappa shape index (κ3) is 3.18. The van der Waals surface area contributed by atoms with Crippen LogP contribution in [0.4, 0.5) is 0 Å². The Morgan fingerprint density at radius 1 is 1.27 bits per heavy atom. The van der Waals surface area contributed by atoms with Gasteiger partial charge in [0.25, 0.3) is 5.91 Å². The number of fused-ring (bicyclic) bond motifs is 1. The van der Waals surface area contributed by atoms with Gasteiger partial charge in [0.15, 0.2) is 0 Å².